The number of carbonyl (C=O) groups excluding carboxylic acids is 1. The van der Waals surface area contributed by atoms with Crippen molar-refractivity contribution in [2.24, 2.45) is 0 Å². The van der Waals surface area contributed by atoms with Crippen molar-refractivity contribution in [3.05, 3.63) is 165 Å². The fourth-order valence-corrected chi connectivity index (χ4v) is 7.35. The molecule has 55 heavy (non-hydrogen) atoms. The lowest BCUT2D eigenvalue weighted by molar-refractivity contribution is 0.103. The van der Waals surface area contributed by atoms with Crippen LogP contribution in [0.15, 0.2) is 125 Å². The summed E-state index contributed by atoms with van der Waals surface area (Å²) in [6.07, 6.45) is 0. The van der Waals surface area contributed by atoms with Crippen LogP contribution in [0.1, 0.15) is 173 Å². The second-order valence-electron chi connectivity index (χ2n) is 16.1. The van der Waals surface area contributed by atoms with Gasteiger partial charge in [-0.2, -0.15) is 5.26 Å². The molecule has 5 rings (SSSR count). The van der Waals surface area contributed by atoms with E-state index in [9.17, 15) is 13.2 Å². The molecule has 0 heterocycles. The van der Waals surface area contributed by atoms with E-state index in [4.69, 9.17) is 5.26 Å². The van der Waals surface area contributed by atoms with Crippen molar-refractivity contribution in [2.45, 2.75) is 128 Å². The number of nitrogens with zero attached hydrogens (tertiary/aromatic N) is 1. The van der Waals surface area contributed by atoms with E-state index in [2.05, 4.69) is 101 Å². The number of nitriles is 1. The van der Waals surface area contributed by atoms with Gasteiger partial charge in [0.1, 0.15) is 0 Å². The van der Waals surface area contributed by atoms with Gasteiger partial charge in [0.2, 0.25) is 9.84 Å². The molecule has 0 aliphatic heterocycles. The van der Waals surface area contributed by atoms with Crippen LogP contribution in [0.3, 0.4) is 0 Å². The molecule has 0 aromatic heterocycles. The molecule has 0 aliphatic rings. The number of benzene rings is 5. The van der Waals surface area contributed by atoms with E-state index < -0.39 is 9.84 Å². The Bertz CT molecular complexity index is 1980. The van der Waals surface area contributed by atoms with Crippen molar-refractivity contribution in [3.8, 4) is 6.07 Å². The molecule has 4 nitrogen and oxygen atoms in total. The van der Waals surface area contributed by atoms with Crippen molar-refractivity contribution < 1.29 is 13.2 Å². The third-order valence-corrected chi connectivity index (χ3v) is 11.7. The number of ketones is 1. The summed E-state index contributed by atoms with van der Waals surface area (Å²) in [6, 6.07) is 38.7. The zero-order valence-electron chi connectivity index (χ0n) is 35.0. The van der Waals surface area contributed by atoms with Crippen LogP contribution in [0, 0.1) is 11.3 Å². The Labute approximate surface area is 332 Å². The molecule has 0 radical (unpaired) electrons. The van der Waals surface area contributed by atoms with Crippen molar-refractivity contribution in [1.29, 1.82) is 5.26 Å². The highest BCUT2D eigenvalue weighted by molar-refractivity contribution is 7.91. The zero-order valence-corrected chi connectivity index (χ0v) is 35.8. The zero-order chi connectivity index (χ0) is 41.0. The van der Waals surface area contributed by atoms with Gasteiger partial charge in [0.05, 0.1) is 21.4 Å². The summed E-state index contributed by atoms with van der Waals surface area (Å²) in [5, 5.41) is 9.15. The van der Waals surface area contributed by atoms with Crippen LogP contribution in [-0.2, 0) is 9.84 Å². The van der Waals surface area contributed by atoms with Crippen LogP contribution in [0.5, 0.6) is 0 Å². The van der Waals surface area contributed by atoms with Crippen molar-refractivity contribution in [1.82, 2.24) is 0 Å². The van der Waals surface area contributed by atoms with Gasteiger partial charge in [0, 0.05) is 11.1 Å². The minimum absolute atomic E-state index is 0.0932. The molecular formula is C50H61NO3S. The summed E-state index contributed by atoms with van der Waals surface area (Å²) < 4.78 is 25.2. The summed E-state index contributed by atoms with van der Waals surface area (Å²) in [5.41, 5.74) is 9.52. The lowest BCUT2D eigenvalue weighted by Gasteiger charge is -2.14. The molecule has 0 fully saturated rings. The van der Waals surface area contributed by atoms with E-state index in [0.717, 1.165) is 27.8 Å². The van der Waals surface area contributed by atoms with Crippen molar-refractivity contribution in [3.63, 3.8) is 0 Å². The van der Waals surface area contributed by atoms with Gasteiger partial charge in [-0.1, -0.05) is 174 Å². The topological polar surface area (TPSA) is 75.0 Å². The van der Waals surface area contributed by atoms with Gasteiger partial charge in [-0.05, 0) is 93.2 Å². The molecule has 5 aromatic carbocycles. The van der Waals surface area contributed by atoms with Gasteiger partial charge in [0.15, 0.2) is 5.78 Å². The Morgan fingerprint density at radius 2 is 0.709 bits per heavy atom. The smallest absolute Gasteiger partial charge is 0.206 e. The first-order valence-corrected chi connectivity index (χ1v) is 21.1. The fraction of sp³-hybridized carbons (Fsp3) is 0.360. The monoisotopic (exact) mass is 755 g/mol. The van der Waals surface area contributed by atoms with Gasteiger partial charge in [-0.3, -0.25) is 4.79 Å². The molecule has 0 saturated heterocycles. The second kappa shape index (κ2) is 20.2. The number of carbonyl (C=O) groups is 1. The molecule has 0 amide bonds. The second-order valence-corrected chi connectivity index (χ2v) is 18.0. The SMILES string of the molecule is CC(C)c1ccc(C(=O)c2ccc(C(C)C)cc2)cc1.CC(C)c1ccc(S(=O)(=O)c2ccc(C(C)C)cc2)cc1.CC(C)c1cccc(C(C)C)c1C#N. The highest BCUT2D eigenvalue weighted by atomic mass is 32.2. The first-order valence-electron chi connectivity index (χ1n) is 19.6. The first kappa shape index (κ1) is 44.6. The molecule has 0 bridgehead atoms. The predicted molar refractivity (Wildman–Crippen MR) is 230 cm³/mol. The third-order valence-electron chi connectivity index (χ3n) is 9.88. The maximum absolute atomic E-state index is 12.6. The van der Waals surface area contributed by atoms with E-state index in [-0.39, 0.29) is 5.78 Å². The molecule has 0 spiro atoms. The maximum Gasteiger partial charge on any atom is 0.206 e. The molecule has 290 valence electrons. The summed E-state index contributed by atoms with van der Waals surface area (Å²) in [7, 11) is -3.42. The standard InChI is InChI=1S/C19H22O.C18H22O2S.C13H17N/c1-13(2)15-5-9-17(10-6-15)19(20)18-11-7-16(8-12-18)14(3)4;1-13(2)15-5-9-17(10-6-15)21(19,20)18-11-7-16(8-12-18)14(3)4;1-9(2)11-6-5-7-12(10(3)4)13(11)8-14/h5-14H,1-4H3;5-14H,1-4H3;5-7,9-10H,1-4H3. The van der Waals surface area contributed by atoms with Gasteiger partial charge in [-0.25, -0.2) is 8.42 Å². The Hall–Kier alpha value is -4.79. The molecule has 0 unspecified atom stereocenters. The maximum atomic E-state index is 12.6. The lowest BCUT2D eigenvalue weighted by Crippen LogP contribution is -2.02. The normalized spacial score (nSPS) is 11.4. The molecule has 0 atom stereocenters. The highest BCUT2D eigenvalue weighted by Gasteiger charge is 2.18. The van der Waals surface area contributed by atoms with Gasteiger partial charge >= 0.3 is 0 Å². The number of hydrogen-bond acceptors (Lipinski definition) is 4. The summed E-state index contributed by atoms with van der Waals surface area (Å²) >= 11 is 0. The highest BCUT2D eigenvalue weighted by Crippen LogP contribution is 2.27. The quantitative estimate of drug-likeness (QED) is 0.133. The van der Waals surface area contributed by atoms with E-state index >= 15 is 0 Å². The molecule has 5 heteroatoms. The minimum Gasteiger partial charge on any atom is -0.289 e. The number of sulfone groups is 1. The third kappa shape index (κ3) is 12.1. The van der Waals surface area contributed by atoms with Crippen molar-refractivity contribution in [2.75, 3.05) is 0 Å². The van der Waals surface area contributed by atoms with Crippen LogP contribution < -0.4 is 0 Å². The fourth-order valence-electron chi connectivity index (χ4n) is 6.09. The summed E-state index contributed by atoms with van der Waals surface area (Å²) in [6.45, 7) is 25.5. The number of hydrogen-bond donors (Lipinski definition) is 0. The van der Waals surface area contributed by atoms with E-state index in [1.807, 2.05) is 78.9 Å². The van der Waals surface area contributed by atoms with Gasteiger partial charge in [-0.15, -0.1) is 0 Å². The first-order chi connectivity index (χ1) is 25.9. The lowest BCUT2D eigenvalue weighted by atomic mass is 9.89. The summed E-state index contributed by atoms with van der Waals surface area (Å²) in [4.78, 5) is 13.1. The molecule has 0 aliphatic carbocycles. The Kier molecular flexibility index (Phi) is 16.4. The van der Waals surface area contributed by atoms with E-state index in [0.29, 0.717) is 45.3 Å². The van der Waals surface area contributed by atoms with Crippen molar-refractivity contribution >= 4 is 15.6 Å². The number of rotatable bonds is 10. The van der Waals surface area contributed by atoms with E-state index in [1.54, 1.807) is 24.3 Å². The molecule has 0 saturated carbocycles. The molecular weight excluding hydrogens is 695 g/mol. The van der Waals surface area contributed by atoms with E-state index in [1.165, 1.54) is 22.3 Å². The largest absolute Gasteiger partial charge is 0.289 e. The predicted octanol–water partition coefficient (Wildman–Crippen LogP) is 13.7. The Morgan fingerprint density at radius 3 is 0.945 bits per heavy atom. The van der Waals surface area contributed by atoms with Crippen LogP contribution >= 0.6 is 0 Å². The Balaban J connectivity index is 0.000000226. The molecule has 5 aromatic rings. The van der Waals surface area contributed by atoms with Crippen LogP contribution in [0.25, 0.3) is 0 Å². The average Bonchev–Trinajstić information content (AvgIpc) is 3.17. The van der Waals surface area contributed by atoms with Gasteiger partial charge < -0.3 is 0 Å². The summed E-state index contributed by atoms with van der Waals surface area (Å²) in [5.74, 6) is 2.70. The van der Waals surface area contributed by atoms with Crippen LogP contribution in [-0.4, -0.2) is 14.2 Å². The Morgan fingerprint density at radius 1 is 0.436 bits per heavy atom. The minimum atomic E-state index is -3.42. The average molecular weight is 756 g/mol. The van der Waals surface area contributed by atoms with Crippen LogP contribution in [0.2, 0.25) is 0 Å². The van der Waals surface area contributed by atoms with Crippen LogP contribution in [0.4, 0.5) is 0 Å². The molecule has 0 N–H and O–H groups in total. The van der Waals surface area contributed by atoms with Gasteiger partial charge in [0.25, 0.3) is 0 Å².